The Morgan fingerprint density at radius 3 is 2.75 bits per heavy atom. The fourth-order valence-corrected chi connectivity index (χ4v) is 0.299. The second kappa shape index (κ2) is 4.59. The van der Waals surface area contributed by atoms with E-state index in [2.05, 4.69) is 4.74 Å². The molecule has 0 aliphatic carbocycles. The molecule has 48 valence electrons. The van der Waals surface area contributed by atoms with Gasteiger partial charge in [0.15, 0.2) is 0 Å². The van der Waals surface area contributed by atoms with E-state index in [-0.39, 0.29) is 5.97 Å². The molecule has 0 saturated carbocycles. The average Bonchev–Trinajstić information content (AvgIpc) is 1.66. The molecule has 0 heterocycles. The highest BCUT2D eigenvalue weighted by Crippen LogP contribution is 1.78. The Bertz CT molecular complexity index is 72.8. The van der Waals surface area contributed by atoms with E-state index >= 15 is 0 Å². The van der Waals surface area contributed by atoms with Gasteiger partial charge in [-0.05, 0) is 13.0 Å². The summed E-state index contributed by atoms with van der Waals surface area (Å²) >= 11 is 0. The highest BCUT2D eigenvalue weighted by molar-refractivity contribution is 5.65. The molecule has 0 radical (unpaired) electrons. The fraction of sp³-hybridized carbons (Fsp3) is 0.800. The van der Waals surface area contributed by atoms with Crippen LogP contribution in [0.1, 0.15) is 13.3 Å². The van der Waals surface area contributed by atoms with Crippen molar-refractivity contribution in [1.29, 1.82) is 0 Å². The molecule has 0 aliphatic heterocycles. The predicted octanol–water partition coefficient (Wildman–Crippen LogP) is -0.102. The van der Waals surface area contributed by atoms with Crippen molar-refractivity contribution in [2.75, 3.05) is 13.2 Å². The third-order valence-corrected chi connectivity index (χ3v) is 0.654. The zero-order valence-electron chi connectivity index (χ0n) is 5.02. The van der Waals surface area contributed by atoms with Gasteiger partial charge in [-0.2, -0.15) is 0 Å². The average molecular weight is 117 g/mol. The van der Waals surface area contributed by atoms with Gasteiger partial charge in [0.2, 0.25) is 0 Å². The predicted molar refractivity (Wildman–Crippen MR) is 30.3 cm³/mol. The quantitative estimate of drug-likeness (QED) is 0.415. The second-order valence-corrected chi connectivity index (χ2v) is 1.48. The molecule has 3 heteroatoms. The number of carbonyl (C=O) groups excluding carboxylic acids is 1. The molecule has 3 nitrogen and oxygen atoms in total. The smallest absolute Gasteiger partial charge is 0.302 e. The Labute approximate surface area is 48.8 Å². The lowest BCUT2D eigenvalue weighted by Gasteiger charge is -1.96. The van der Waals surface area contributed by atoms with Crippen molar-refractivity contribution in [3.8, 4) is 0 Å². The van der Waals surface area contributed by atoms with Crippen LogP contribution in [0, 0.1) is 0 Å². The lowest BCUT2D eigenvalue weighted by molar-refractivity contribution is -0.140. The minimum Gasteiger partial charge on any atom is -0.466 e. The summed E-state index contributed by atoms with van der Waals surface area (Å²) in [6.45, 7) is 2.41. The Hall–Kier alpha value is -0.570. The minimum atomic E-state index is -0.238. The number of ether oxygens (including phenoxy) is 1. The van der Waals surface area contributed by atoms with Crippen molar-refractivity contribution >= 4 is 5.97 Å². The van der Waals surface area contributed by atoms with E-state index in [4.69, 9.17) is 5.73 Å². The summed E-state index contributed by atoms with van der Waals surface area (Å²) in [5.41, 5.74) is 5.12. The summed E-state index contributed by atoms with van der Waals surface area (Å²) in [5.74, 6) is -0.238. The van der Waals surface area contributed by atoms with Crippen LogP contribution in [-0.2, 0) is 9.53 Å². The van der Waals surface area contributed by atoms with Crippen LogP contribution in [0.15, 0.2) is 0 Å². The molecule has 0 aromatic rings. The maximum Gasteiger partial charge on any atom is 0.302 e. The standard InChI is InChI=1S/C5H11NO2/c1-5(7)8-4-2-3-6/h2-4,6H2,1H3. The normalized spacial score (nSPS) is 8.75. The third kappa shape index (κ3) is 5.43. The topological polar surface area (TPSA) is 52.3 Å². The maximum atomic E-state index is 10.1. The highest BCUT2D eigenvalue weighted by atomic mass is 16.5. The molecule has 0 aromatic heterocycles. The third-order valence-electron chi connectivity index (χ3n) is 0.654. The van der Waals surface area contributed by atoms with E-state index in [1.807, 2.05) is 0 Å². The highest BCUT2D eigenvalue weighted by Gasteiger charge is 1.88. The van der Waals surface area contributed by atoms with Gasteiger partial charge in [0.25, 0.3) is 0 Å². The number of hydrogen-bond acceptors (Lipinski definition) is 3. The largest absolute Gasteiger partial charge is 0.466 e. The van der Waals surface area contributed by atoms with Gasteiger partial charge in [0.05, 0.1) is 6.61 Å². The molecular weight excluding hydrogens is 106 g/mol. The monoisotopic (exact) mass is 117 g/mol. The second-order valence-electron chi connectivity index (χ2n) is 1.48. The first-order valence-corrected chi connectivity index (χ1v) is 2.61. The Morgan fingerprint density at radius 2 is 2.38 bits per heavy atom. The maximum absolute atomic E-state index is 10.1. The molecule has 0 bridgehead atoms. The molecule has 0 rings (SSSR count). The molecule has 0 spiro atoms. The number of rotatable bonds is 3. The van der Waals surface area contributed by atoms with E-state index in [1.165, 1.54) is 6.92 Å². The van der Waals surface area contributed by atoms with E-state index in [9.17, 15) is 4.79 Å². The van der Waals surface area contributed by atoms with Gasteiger partial charge in [-0.1, -0.05) is 0 Å². The molecule has 8 heavy (non-hydrogen) atoms. The van der Waals surface area contributed by atoms with Gasteiger partial charge in [-0.25, -0.2) is 0 Å². The van der Waals surface area contributed by atoms with Crippen molar-refractivity contribution in [2.24, 2.45) is 5.73 Å². The van der Waals surface area contributed by atoms with E-state index in [1.54, 1.807) is 0 Å². The molecule has 0 amide bonds. The summed E-state index contributed by atoms with van der Waals surface area (Å²) in [6.07, 6.45) is 0.750. The van der Waals surface area contributed by atoms with Crippen molar-refractivity contribution in [3.05, 3.63) is 0 Å². The van der Waals surface area contributed by atoms with Crippen molar-refractivity contribution < 1.29 is 9.53 Å². The van der Waals surface area contributed by atoms with Gasteiger partial charge in [0, 0.05) is 6.92 Å². The van der Waals surface area contributed by atoms with Gasteiger partial charge in [-0.3, -0.25) is 4.79 Å². The van der Waals surface area contributed by atoms with Crippen molar-refractivity contribution in [3.63, 3.8) is 0 Å². The number of nitrogens with two attached hydrogens (primary N) is 1. The molecule has 0 atom stereocenters. The summed E-state index contributed by atoms with van der Waals surface area (Å²) in [5, 5.41) is 0. The fourth-order valence-electron chi connectivity index (χ4n) is 0.299. The SMILES string of the molecule is CC(=O)OCCCN. The van der Waals surface area contributed by atoms with Crippen LogP contribution in [0.4, 0.5) is 0 Å². The van der Waals surface area contributed by atoms with Crippen LogP contribution >= 0.6 is 0 Å². The lowest BCUT2D eigenvalue weighted by Crippen LogP contribution is -2.06. The minimum absolute atomic E-state index is 0.238. The van der Waals surface area contributed by atoms with Crippen molar-refractivity contribution in [2.45, 2.75) is 13.3 Å². The van der Waals surface area contributed by atoms with Crippen LogP contribution in [0.3, 0.4) is 0 Å². The molecule has 0 aromatic carbocycles. The zero-order valence-corrected chi connectivity index (χ0v) is 5.02. The molecule has 0 saturated heterocycles. The van der Waals surface area contributed by atoms with Crippen molar-refractivity contribution in [1.82, 2.24) is 0 Å². The molecule has 0 unspecified atom stereocenters. The molecule has 0 aliphatic rings. The van der Waals surface area contributed by atoms with Crippen LogP contribution in [-0.4, -0.2) is 19.1 Å². The number of esters is 1. The first-order valence-electron chi connectivity index (χ1n) is 2.61. The van der Waals surface area contributed by atoms with Gasteiger partial charge >= 0.3 is 5.97 Å². The van der Waals surface area contributed by atoms with Crippen LogP contribution in [0.25, 0.3) is 0 Å². The van der Waals surface area contributed by atoms with E-state index in [0.717, 1.165) is 6.42 Å². The lowest BCUT2D eigenvalue weighted by atomic mass is 10.5. The van der Waals surface area contributed by atoms with Gasteiger partial charge in [0.1, 0.15) is 0 Å². The summed E-state index contributed by atoms with van der Waals surface area (Å²) < 4.78 is 4.56. The van der Waals surface area contributed by atoms with E-state index < -0.39 is 0 Å². The molecular formula is C5H11NO2. The van der Waals surface area contributed by atoms with Gasteiger partial charge in [-0.15, -0.1) is 0 Å². The Morgan fingerprint density at radius 1 is 1.75 bits per heavy atom. The first kappa shape index (κ1) is 7.43. The number of carbonyl (C=O) groups is 1. The van der Waals surface area contributed by atoms with Crippen LogP contribution in [0.5, 0.6) is 0 Å². The van der Waals surface area contributed by atoms with Gasteiger partial charge < -0.3 is 10.5 Å². The molecule has 2 N–H and O–H groups in total. The summed E-state index contributed by atoms with van der Waals surface area (Å²) in [4.78, 5) is 10.1. The zero-order chi connectivity index (χ0) is 6.41. The Kier molecular flexibility index (Phi) is 4.26. The first-order chi connectivity index (χ1) is 3.77. The number of hydrogen-bond donors (Lipinski definition) is 1. The summed E-state index contributed by atoms with van der Waals surface area (Å²) in [6, 6.07) is 0. The summed E-state index contributed by atoms with van der Waals surface area (Å²) in [7, 11) is 0. The Balaban J connectivity index is 2.82. The van der Waals surface area contributed by atoms with E-state index in [0.29, 0.717) is 13.2 Å². The molecule has 0 fully saturated rings. The van der Waals surface area contributed by atoms with Crippen LogP contribution in [0.2, 0.25) is 0 Å². The van der Waals surface area contributed by atoms with Crippen LogP contribution < -0.4 is 5.73 Å².